The Morgan fingerprint density at radius 3 is 2.60 bits per heavy atom. The molecule has 8 heteroatoms. The standard InChI is InChI=1S/C27H21ClN2O3S2/c1-32-24-12-11-19(16-22(24)28)30-26(31)25(35-27(30)34)15-18-17-29(23-10-6-5-9-21(18)23)13-14-33-20-7-3-2-4-8-20/h2-12,15-17H,13-14H2,1H3/b25-15-. The van der Waals surface area contributed by atoms with Crippen LogP contribution in [-0.2, 0) is 11.3 Å². The molecule has 0 N–H and O–H groups in total. The van der Waals surface area contributed by atoms with Crippen LogP contribution in [0.15, 0.2) is 83.9 Å². The number of hydrogen-bond donors (Lipinski definition) is 0. The van der Waals surface area contributed by atoms with Gasteiger partial charge in [-0.05, 0) is 42.5 Å². The van der Waals surface area contributed by atoms with Crippen LogP contribution < -0.4 is 14.4 Å². The van der Waals surface area contributed by atoms with Gasteiger partial charge in [0.1, 0.15) is 18.1 Å². The Hall–Kier alpha value is -3.26. The maximum absolute atomic E-state index is 13.3. The average Bonchev–Trinajstić information content (AvgIpc) is 3.36. The topological polar surface area (TPSA) is 43.7 Å². The van der Waals surface area contributed by atoms with Gasteiger partial charge in [0.15, 0.2) is 4.32 Å². The number of nitrogens with zero attached hydrogens (tertiary/aromatic N) is 2. The van der Waals surface area contributed by atoms with E-state index in [0.29, 0.717) is 38.8 Å². The minimum atomic E-state index is -0.175. The molecular formula is C27H21ClN2O3S2. The van der Waals surface area contributed by atoms with Crippen molar-refractivity contribution in [1.29, 1.82) is 0 Å². The Bertz CT molecular complexity index is 1450. The fourth-order valence-corrected chi connectivity index (χ4v) is 5.52. The van der Waals surface area contributed by atoms with Crippen LogP contribution in [0.25, 0.3) is 17.0 Å². The first-order chi connectivity index (χ1) is 17.0. The van der Waals surface area contributed by atoms with E-state index in [0.717, 1.165) is 22.2 Å². The number of fused-ring (bicyclic) bond motifs is 1. The molecule has 1 aliphatic heterocycles. The molecule has 0 saturated carbocycles. The lowest BCUT2D eigenvalue weighted by Crippen LogP contribution is -2.27. The lowest BCUT2D eigenvalue weighted by Gasteiger charge is -2.15. The van der Waals surface area contributed by atoms with Crippen molar-refractivity contribution >= 4 is 68.5 Å². The van der Waals surface area contributed by atoms with Gasteiger partial charge in [-0.25, -0.2) is 0 Å². The van der Waals surface area contributed by atoms with Crippen LogP contribution in [0, 0.1) is 0 Å². The van der Waals surface area contributed by atoms with Crippen LogP contribution >= 0.6 is 35.6 Å². The first-order valence-corrected chi connectivity index (χ1v) is 12.5. The predicted octanol–water partition coefficient (Wildman–Crippen LogP) is 6.79. The first-order valence-electron chi connectivity index (χ1n) is 10.9. The summed E-state index contributed by atoms with van der Waals surface area (Å²) in [6.45, 7) is 1.21. The van der Waals surface area contributed by atoms with Gasteiger partial charge < -0.3 is 14.0 Å². The number of para-hydroxylation sites is 2. The quantitative estimate of drug-likeness (QED) is 0.198. The molecule has 5 rings (SSSR count). The number of carbonyl (C=O) groups excluding carboxylic acids is 1. The normalized spacial score (nSPS) is 14.8. The molecule has 0 bridgehead atoms. The monoisotopic (exact) mass is 520 g/mol. The number of carbonyl (C=O) groups is 1. The fourth-order valence-electron chi connectivity index (χ4n) is 3.98. The van der Waals surface area contributed by atoms with Crippen LogP contribution in [0.1, 0.15) is 5.56 Å². The predicted molar refractivity (Wildman–Crippen MR) is 148 cm³/mol. The second kappa shape index (κ2) is 10.2. The molecule has 2 heterocycles. The van der Waals surface area contributed by atoms with Crippen LogP contribution in [0.2, 0.25) is 5.02 Å². The summed E-state index contributed by atoms with van der Waals surface area (Å²) < 4.78 is 13.7. The van der Waals surface area contributed by atoms with E-state index in [4.69, 9.17) is 33.3 Å². The third kappa shape index (κ3) is 4.80. The average molecular weight is 521 g/mol. The van der Waals surface area contributed by atoms with E-state index in [1.807, 2.05) is 48.5 Å². The molecule has 1 aromatic heterocycles. The number of anilines is 1. The summed E-state index contributed by atoms with van der Waals surface area (Å²) in [5.74, 6) is 1.21. The van der Waals surface area contributed by atoms with Crippen molar-refractivity contribution in [2.75, 3.05) is 18.6 Å². The van der Waals surface area contributed by atoms with E-state index in [-0.39, 0.29) is 5.91 Å². The SMILES string of the molecule is COc1ccc(N2C(=O)/C(=C/c3cn(CCOc4ccccc4)c4ccccc34)SC2=S)cc1Cl. The third-order valence-electron chi connectivity index (χ3n) is 5.64. The number of ether oxygens (including phenoxy) is 2. The van der Waals surface area contributed by atoms with E-state index in [9.17, 15) is 4.79 Å². The Morgan fingerprint density at radius 1 is 1.06 bits per heavy atom. The zero-order valence-corrected chi connectivity index (χ0v) is 21.2. The molecule has 0 radical (unpaired) electrons. The lowest BCUT2D eigenvalue weighted by atomic mass is 10.1. The maximum Gasteiger partial charge on any atom is 0.270 e. The summed E-state index contributed by atoms with van der Waals surface area (Å²) in [5.41, 5.74) is 2.64. The van der Waals surface area contributed by atoms with Crippen LogP contribution in [0.5, 0.6) is 11.5 Å². The lowest BCUT2D eigenvalue weighted by molar-refractivity contribution is -0.113. The second-order valence-electron chi connectivity index (χ2n) is 7.79. The summed E-state index contributed by atoms with van der Waals surface area (Å²) in [6, 6.07) is 23.1. The molecule has 0 aliphatic carbocycles. The minimum absolute atomic E-state index is 0.175. The van der Waals surface area contributed by atoms with Crippen molar-refractivity contribution in [2.24, 2.45) is 0 Å². The highest BCUT2D eigenvalue weighted by atomic mass is 35.5. The number of methoxy groups -OCH3 is 1. The number of aromatic nitrogens is 1. The van der Waals surface area contributed by atoms with Gasteiger partial charge in [-0.15, -0.1) is 0 Å². The Labute approximate surface area is 217 Å². The fraction of sp³-hybridized carbons (Fsp3) is 0.111. The van der Waals surface area contributed by atoms with E-state index in [1.54, 1.807) is 25.3 Å². The Kier molecular flexibility index (Phi) is 6.81. The third-order valence-corrected chi connectivity index (χ3v) is 7.23. The van der Waals surface area contributed by atoms with E-state index < -0.39 is 0 Å². The molecule has 176 valence electrons. The number of halogens is 1. The zero-order chi connectivity index (χ0) is 24.4. The van der Waals surface area contributed by atoms with Gasteiger partial charge in [-0.1, -0.05) is 72.0 Å². The van der Waals surface area contributed by atoms with Crippen molar-refractivity contribution < 1.29 is 14.3 Å². The highest BCUT2D eigenvalue weighted by Gasteiger charge is 2.34. The molecule has 0 spiro atoms. The molecular weight excluding hydrogens is 500 g/mol. The first kappa shape index (κ1) is 23.5. The van der Waals surface area contributed by atoms with Gasteiger partial charge in [0, 0.05) is 22.7 Å². The Balaban J connectivity index is 1.41. The summed E-state index contributed by atoms with van der Waals surface area (Å²) in [7, 11) is 1.55. The van der Waals surface area contributed by atoms with Gasteiger partial charge in [0.05, 0.1) is 29.3 Å². The zero-order valence-electron chi connectivity index (χ0n) is 18.8. The van der Waals surface area contributed by atoms with Crippen molar-refractivity contribution in [3.05, 3.63) is 94.5 Å². The molecule has 1 amide bonds. The summed E-state index contributed by atoms with van der Waals surface area (Å²) in [4.78, 5) is 15.4. The van der Waals surface area contributed by atoms with E-state index in [2.05, 4.69) is 22.9 Å². The summed E-state index contributed by atoms with van der Waals surface area (Å²) >= 11 is 13.1. The number of amides is 1. The molecule has 0 atom stereocenters. The highest BCUT2D eigenvalue weighted by molar-refractivity contribution is 8.27. The molecule has 1 saturated heterocycles. The van der Waals surface area contributed by atoms with Gasteiger partial charge in [0.25, 0.3) is 5.91 Å². The van der Waals surface area contributed by atoms with Crippen LogP contribution in [-0.4, -0.2) is 28.5 Å². The summed E-state index contributed by atoms with van der Waals surface area (Å²) in [6.07, 6.45) is 3.96. The van der Waals surface area contributed by atoms with Crippen molar-refractivity contribution in [2.45, 2.75) is 6.54 Å². The van der Waals surface area contributed by atoms with Crippen LogP contribution in [0.3, 0.4) is 0 Å². The number of thioether (sulfide) groups is 1. The van der Waals surface area contributed by atoms with Crippen molar-refractivity contribution in [3.63, 3.8) is 0 Å². The Morgan fingerprint density at radius 2 is 1.83 bits per heavy atom. The molecule has 3 aromatic carbocycles. The van der Waals surface area contributed by atoms with Gasteiger partial charge in [0.2, 0.25) is 0 Å². The molecule has 5 nitrogen and oxygen atoms in total. The second-order valence-corrected chi connectivity index (χ2v) is 9.88. The summed E-state index contributed by atoms with van der Waals surface area (Å²) in [5, 5.41) is 1.48. The highest BCUT2D eigenvalue weighted by Crippen LogP contribution is 2.39. The van der Waals surface area contributed by atoms with Gasteiger partial charge >= 0.3 is 0 Å². The smallest absolute Gasteiger partial charge is 0.270 e. The van der Waals surface area contributed by atoms with Gasteiger partial charge in [-0.3, -0.25) is 9.69 Å². The number of thiocarbonyl (C=S) groups is 1. The molecule has 1 aliphatic rings. The molecule has 0 unspecified atom stereocenters. The van der Waals surface area contributed by atoms with Crippen molar-refractivity contribution in [1.82, 2.24) is 4.57 Å². The van der Waals surface area contributed by atoms with E-state index >= 15 is 0 Å². The van der Waals surface area contributed by atoms with Crippen molar-refractivity contribution in [3.8, 4) is 11.5 Å². The van der Waals surface area contributed by atoms with E-state index in [1.165, 1.54) is 16.7 Å². The van der Waals surface area contributed by atoms with Gasteiger partial charge in [-0.2, -0.15) is 0 Å². The molecule has 35 heavy (non-hydrogen) atoms. The largest absolute Gasteiger partial charge is 0.495 e. The number of hydrogen-bond acceptors (Lipinski definition) is 5. The maximum atomic E-state index is 13.3. The minimum Gasteiger partial charge on any atom is -0.495 e. The molecule has 4 aromatic rings. The number of benzene rings is 3. The van der Waals surface area contributed by atoms with Crippen LogP contribution in [0.4, 0.5) is 5.69 Å². The molecule has 1 fully saturated rings. The number of rotatable bonds is 7.